The van der Waals surface area contributed by atoms with Crippen molar-refractivity contribution < 1.29 is 24.1 Å². The lowest BCUT2D eigenvalue weighted by atomic mass is 9.96. The summed E-state index contributed by atoms with van der Waals surface area (Å²) in [5.41, 5.74) is 0.373. The Kier molecular flexibility index (Phi) is 4.27. The van der Waals surface area contributed by atoms with Gasteiger partial charge in [-0.1, -0.05) is 12.1 Å². The minimum Gasteiger partial charge on any atom is -0.493 e. The van der Waals surface area contributed by atoms with Gasteiger partial charge in [-0.15, -0.1) is 0 Å². The molecule has 0 radical (unpaired) electrons. The van der Waals surface area contributed by atoms with Gasteiger partial charge in [-0.3, -0.25) is 0 Å². The largest absolute Gasteiger partial charge is 0.493 e. The minimum atomic E-state index is -1.37. The van der Waals surface area contributed by atoms with Crippen molar-refractivity contribution in [1.82, 2.24) is 0 Å². The number of hydrogen-bond donors (Lipinski definition) is 1. The van der Waals surface area contributed by atoms with E-state index in [1.807, 2.05) is 0 Å². The van der Waals surface area contributed by atoms with Crippen molar-refractivity contribution in [2.75, 3.05) is 14.2 Å². The molecule has 0 spiro atoms. The van der Waals surface area contributed by atoms with Gasteiger partial charge >= 0.3 is 5.97 Å². The number of carbonyl (C=O) groups is 1. The number of hydrogen-bond acceptors (Lipinski definition) is 5. The van der Waals surface area contributed by atoms with Crippen LogP contribution < -0.4 is 9.47 Å². The van der Waals surface area contributed by atoms with Gasteiger partial charge in [0.1, 0.15) is 0 Å². The van der Waals surface area contributed by atoms with Gasteiger partial charge in [-0.05, 0) is 25.3 Å². The number of aliphatic hydroxyl groups is 1. The molecular formula is C14H18O5. The van der Waals surface area contributed by atoms with Crippen LogP contribution in [0.1, 0.15) is 30.9 Å². The van der Waals surface area contributed by atoms with Gasteiger partial charge in [0, 0.05) is 5.56 Å². The van der Waals surface area contributed by atoms with Gasteiger partial charge < -0.3 is 19.3 Å². The summed E-state index contributed by atoms with van der Waals surface area (Å²) in [6.45, 7) is 0. The maximum Gasteiger partial charge on any atom is 0.339 e. The fourth-order valence-electron chi connectivity index (χ4n) is 1.93. The molecule has 1 unspecified atom stereocenters. The molecule has 1 aromatic rings. The second-order valence-electron chi connectivity index (χ2n) is 4.48. The summed E-state index contributed by atoms with van der Waals surface area (Å²) in [6.07, 6.45) is 1.85. The lowest BCUT2D eigenvalue weighted by Gasteiger charge is -2.28. The van der Waals surface area contributed by atoms with Crippen LogP contribution in [0, 0.1) is 0 Å². The molecule has 0 saturated heterocycles. The molecule has 1 saturated carbocycles. The van der Waals surface area contributed by atoms with Crippen molar-refractivity contribution in [3.63, 3.8) is 0 Å². The Balaban J connectivity index is 2.32. The van der Waals surface area contributed by atoms with Crippen LogP contribution in [0.25, 0.3) is 0 Å². The van der Waals surface area contributed by atoms with Crippen molar-refractivity contribution >= 4 is 5.97 Å². The molecule has 1 N–H and O–H groups in total. The average Bonchev–Trinajstić information content (AvgIpc) is 2.40. The Hall–Kier alpha value is -1.75. The average molecular weight is 266 g/mol. The molecule has 5 heteroatoms. The molecule has 1 aromatic carbocycles. The topological polar surface area (TPSA) is 65.0 Å². The highest BCUT2D eigenvalue weighted by molar-refractivity contribution is 5.77. The van der Waals surface area contributed by atoms with E-state index in [0.29, 0.717) is 17.1 Å². The predicted octanol–water partition coefficient (Wildman–Crippen LogP) is 1.83. The summed E-state index contributed by atoms with van der Waals surface area (Å²) in [5, 5.41) is 9.98. The Labute approximate surface area is 112 Å². The first-order chi connectivity index (χ1) is 9.17. The monoisotopic (exact) mass is 266 g/mol. The number of ether oxygens (including phenoxy) is 3. The van der Waals surface area contributed by atoms with E-state index in [4.69, 9.17) is 9.47 Å². The third kappa shape index (κ3) is 2.81. The molecule has 1 atom stereocenters. The number of para-hydroxylation sites is 1. The van der Waals surface area contributed by atoms with E-state index in [1.54, 1.807) is 18.2 Å². The Morgan fingerprint density at radius 2 is 2.11 bits per heavy atom. The molecule has 19 heavy (non-hydrogen) atoms. The first kappa shape index (κ1) is 13.7. The van der Waals surface area contributed by atoms with Crippen molar-refractivity contribution in [3.05, 3.63) is 23.8 Å². The van der Waals surface area contributed by atoms with Crippen molar-refractivity contribution in [2.24, 2.45) is 0 Å². The normalized spacial score (nSPS) is 16.4. The van der Waals surface area contributed by atoms with E-state index in [2.05, 4.69) is 4.74 Å². The van der Waals surface area contributed by atoms with Gasteiger partial charge in [-0.25, -0.2) is 4.79 Å². The third-order valence-corrected chi connectivity index (χ3v) is 3.29. The lowest BCUT2D eigenvalue weighted by Crippen LogP contribution is -2.26. The number of benzene rings is 1. The van der Waals surface area contributed by atoms with Gasteiger partial charge in [0.15, 0.2) is 17.6 Å². The Morgan fingerprint density at radius 3 is 2.63 bits per heavy atom. The predicted molar refractivity (Wildman–Crippen MR) is 68.2 cm³/mol. The second-order valence-corrected chi connectivity index (χ2v) is 4.48. The highest BCUT2D eigenvalue weighted by Crippen LogP contribution is 2.38. The second kappa shape index (κ2) is 5.93. The standard InChI is InChI=1S/C14H18O5/c1-17-11-8-4-7-10(12(15)14(16)18-2)13(11)19-9-5-3-6-9/h4,7-9,12,15H,3,5-6H2,1-2H3. The SMILES string of the molecule is COC(=O)C(O)c1cccc(OC)c1OC1CCC1. The number of carbonyl (C=O) groups excluding carboxylic acids is 1. The summed E-state index contributed by atoms with van der Waals surface area (Å²) in [4.78, 5) is 11.5. The van der Waals surface area contributed by atoms with Gasteiger partial charge in [0.2, 0.25) is 0 Å². The van der Waals surface area contributed by atoms with Crippen LogP contribution in [0.4, 0.5) is 0 Å². The summed E-state index contributed by atoms with van der Waals surface area (Å²) in [7, 11) is 2.76. The summed E-state index contributed by atoms with van der Waals surface area (Å²) < 4.78 is 15.6. The van der Waals surface area contributed by atoms with Crippen LogP contribution in [0.15, 0.2) is 18.2 Å². The first-order valence-corrected chi connectivity index (χ1v) is 6.26. The van der Waals surface area contributed by atoms with E-state index in [9.17, 15) is 9.90 Å². The van der Waals surface area contributed by atoms with Gasteiger partial charge in [0.25, 0.3) is 0 Å². The maximum atomic E-state index is 11.5. The van der Waals surface area contributed by atoms with Crippen LogP contribution in [-0.2, 0) is 9.53 Å². The minimum absolute atomic E-state index is 0.125. The first-order valence-electron chi connectivity index (χ1n) is 6.26. The molecule has 0 bridgehead atoms. The van der Waals surface area contributed by atoms with E-state index < -0.39 is 12.1 Å². The molecule has 1 aliphatic carbocycles. The Morgan fingerprint density at radius 1 is 1.37 bits per heavy atom. The molecular weight excluding hydrogens is 248 g/mol. The molecule has 0 heterocycles. The zero-order valence-corrected chi connectivity index (χ0v) is 11.1. The zero-order chi connectivity index (χ0) is 13.8. The Bertz CT molecular complexity index is 453. The van der Waals surface area contributed by atoms with Crippen LogP contribution in [-0.4, -0.2) is 31.4 Å². The molecule has 104 valence electrons. The van der Waals surface area contributed by atoms with E-state index >= 15 is 0 Å². The summed E-state index contributed by atoms with van der Waals surface area (Å²) in [6, 6.07) is 5.08. The number of esters is 1. The fourth-order valence-corrected chi connectivity index (χ4v) is 1.93. The van der Waals surface area contributed by atoms with Gasteiger partial charge in [0.05, 0.1) is 20.3 Å². The molecule has 2 rings (SSSR count). The van der Waals surface area contributed by atoms with Gasteiger partial charge in [-0.2, -0.15) is 0 Å². The third-order valence-electron chi connectivity index (χ3n) is 3.29. The van der Waals surface area contributed by atoms with Crippen molar-refractivity contribution in [2.45, 2.75) is 31.5 Å². The van der Waals surface area contributed by atoms with E-state index in [0.717, 1.165) is 19.3 Å². The highest BCUT2D eigenvalue weighted by Gasteiger charge is 2.27. The molecule has 0 amide bonds. The molecule has 0 aromatic heterocycles. The van der Waals surface area contributed by atoms with Crippen LogP contribution >= 0.6 is 0 Å². The number of methoxy groups -OCH3 is 2. The van der Waals surface area contributed by atoms with Crippen molar-refractivity contribution in [3.8, 4) is 11.5 Å². The number of aliphatic hydroxyl groups excluding tert-OH is 1. The molecule has 1 fully saturated rings. The summed E-state index contributed by atoms with van der Waals surface area (Å²) >= 11 is 0. The highest BCUT2D eigenvalue weighted by atomic mass is 16.5. The molecule has 1 aliphatic rings. The quantitative estimate of drug-likeness (QED) is 0.824. The van der Waals surface area contributed by atoms with Crippen LogP contribution in [0.3, 0.4) is 0 Å². The van der Waals surface area contributed by atoms with E-state index in [-0.39, 0.29) is 6.10 Å². The van der Waals surface area contributed by atoms with Crippen molar-refractivity contribution in [1.29, 1.82) is 0 Å². The summed E-state index contributed by atoms with van der Waals surface area (Å²) in [5.74, 6) is 0.215. The number of rotatable bonds is 5. The smallest absolute Gasteiger partial charge is 0.339 e. The zero-order valence-electron chi connectivity index (χ0n) is 11.1. The maximum absolute atomic E-state index is 11.5. The molecule has 5 nitrogen and oxygen atoms in total. The lowest BCUT2D eigenvalue weighted by molar-refractivity contribution is -0.150. The van der Waals surface area contributed by atoms with E-state index in [1.165, 1.54) is 14.2 Å². The van der Waals surface area contributed by atoms with Crippen LogP contribution in [0.2, 0.25) is 0 Å². The van der Waals surface area contributed by atoms with Crippen LogP contribution in [0.5, 0.6) is 11.5 Å². The fraction of sp³-hybridized carbons (Fsp3) is 0.500. The molecule has 0 aliphatic heterocycles.